The van der Waals surface area contributed by atoms with Crippen molar-refractivity contribution in [3.63, 3.8) is 0 Å². The van der Waals surface area contributed by atoms with Gasteiger partial charge in [-0.2, -0.15) is 0 Å². The summed E-state index contributed by atoms with van der Waals surface area (Å²) in [5, 5.41) is 9.13. The Hall–Kier alpha value is -1.60. The molecule has 0 amide bonds. The molecule has 0 heterocycles. The average Bonchev–Trinajstić information content (AvgIpc) is 2.66. The summed E-state index contributed by atoms with van der Waals surface area (Å²) in [6.07, 6.45) is 4.33. The minimum atomic E-state index is -1.73. The van der Waals surface area contributed by atoms with Gasteiger partial charge in [0.15, 0.2) is 28.1 Å². The van der Waals surface area contributed by atoms with Crippen molar-refractivity contribution in [2.75, 3.05) is 21.3 Å². The van der Waals surface area contributed by atoms with Crippen LogP contribution in [0, 0.1) is 0 Å². The zero-order valence-electron chi connectivity index (χ0n) is 21.9. The summed E-state index contributed by atoms with van der Waals surface area (Å²) in [6.45, 7) is 15.4. The Kier molecular flexibility index (Phi) is 11.4. The molecular formula is C23H42O7Si3. The highest BCUT2D eigenvalue weighted by Gasteiger charge is 2.29. The van der Waals surface area contributed by atoms with Crippen LogP contribution in [0.5, 0.6) is 17.2 Å². The van der Waals surface area contributed by atoms with Crippen molar-refractivity contribution in [2.45, 2.75) is 70.5 Å². The van der Waals surface area contributed by atoms with Crippen LogP contribution in [0.4, 0.5) is 0 Å². The third-order valence-electron chi connectivity index (χ3n) is 4.82. The maximum absolute atomic E-state index is 11.1. The maximum atomic E-state index is 11.1. The van der Waals surface area contributed by atoms with Gasteiger partial charge in [0, 0.05) is 11.6 Å². The van der Waals surface area contributed by atoms with Gasteiger partial charge in [0.25, 0.3) is 0 Å². The number of carboxylic acids is 1. The minimum Gasteiger partial charge on any atom is -0.493 e. The SMILES string of the molecule is COc1cc(/C=C/C(=O)O)c(CCC(C)[SiH2]C(O[Si](C)(C)C)O[Si](C)(C)C)c(OC)c1OC. The molecule has 1 N–H and O–H groups in total. The number of benzene rings is 1. The van der Waals surface area contributed by atoms with Crippen molar-refractivity contribution in [1.29, 1.82) is 0 Å². The van der Waals surface area contributed by atoms with E-state index in [1.807, 2.05) is 0 Å². The normalized spacial score (nSPS) is 13.8. The monoisotopic (exact) mass is 514 g/mol. The van der Waals surface area contributed by atoms with Crippen molar-refractivity contribution in [1.82, 2.24) is 0 Å². The molecule has 1 rings (SSSR count). The summed E-state index contributed by atoms with van der Waals surface area (Å²) in [5.41, 5.74) is 2.10. The maximum Gasteiger partial charge on any atom is 0.328 e. The molecule has 10 heteroatoms. The van der Waals surface area contributed by atoms with Crippen molar-refractivity contribution < 1.29 is 33.0 Å². The summed E-state index contributed by atoms with van der Waals surface area (Å²) >= 11 is 0. The molecule has 0 radical (unpaired) electrons. The first-order valence-corrected chi connectivity index (χ1v) is 19.7. The highest BCUT2D eigenvalue weighted by Crippen LogP contribution is 2.43. The molecule has 0 aliphatic heterocycles. The molecule has 0 bridgehead atoms. The predicted molar refractivity (Wildman–Crippen MR) is 142 cm³/mol. The molecule has 0 saturated heterocycles. The van der Waals surface area contributed by atoms with E-state index in [0.717, 1.165) is 23.6 Å². The molecule has 0 saturated carbocycles. The standard InChI is InChI=1S/C23H42O7Si3/c1-16(31-23(29-32(5,6)7)30-33(8,9)10)11-13-18-17(12-14-20(24)25)15-19(26-2)22(28-4)21(18)27-3/h12,14-16,23H,11,13,31H2,1-10H3,(H,24,25)/b14-12+. The van der Waals surface area contributed by atoms with Gasteiger partial charge in [-0.1, -0.05) is 6.92 Å². The number of carbonyl (C=O) groups is 1. The van der Waals surface area contributed by atoms with Crippen molar-refractivity contribution in [3.05, 3.63) is 23.3 Å². The van der Waals surface area contributed by atoms with Crippen molar-refractivity contribution in [3.8, 4) is 17.2 Å². The number of hydrogen-bond acceptors (Lipinski definition) is 6. The molecule has 1 unspecified atom stereocenters. The largest absolute Gasteiger partial charge is 0.493 e. The molecule has 0 spiro atoms. The van der Waals surface area contributed by atoms with Crippen LogP contribution in [0.2, 0.25) is 44.8 Å². The Morgan fingerprint density at radius 3 is 1.97 bits per heavy atom. The molecule has 1 atom stereocenters. The molecule has 0 aliphatic rings. The lowest BCUT2D eigenvalue weighted by atomic mass is 9.98. The van der Waals surface area contributed by atoms with Crippen molar-refractivity contribution >= 4 is 38.2 Å². The van der Waals surface area contributed by atoms with Crippen LogP contribution < -0.4 is 14.2 Å². The molecule has 33 heavy (non-hydrogen) atoms. The molecular weight excluding hydrogens is 473 g/mol. The van der Waals surface area contributed by atoms with Gasteiger partial charge in [-0.15, -0.1) is 0 Å². The first-order valence-electron chi connectivity index (χ1n) is 11.3. The van der Waals surface area contributed by atoms with E-state index in [4.69, 9.17) is 28.2 Å². The van der Waals surface area contributed by atoms with E-state index < -0.39 is 32.1 Å². The van der Waals surface area contributed by atoms with Gasteiger partial charge in [-0.05, 0) is 75.4 Å². The second-order valence-corrected chi connectivity index (χ2v) is 21.6. The topological polar surface area (TPSA) is 83.5 Å². The molecule has 0 fully saturated rings. The Labute approximate surface area is 203 Å². The van der Waals surface area contributed by atoms with Crippen LogP contribution in [-0.4, -0.2) is 64.5 Å². The molecule has 1 aromatic carbocycles. The van der Waals surface area contributed by atoms with Gasteiger partial charge < -0.3 is 28.2 Å². The van der Waals surface area contributed by atoms with Gasteiger partial charge in [0.05, 0.1) is 30.8 Å². The summed E-state index contributed by atoms with van der Waals surface area (Å²) in [7, 11) is 0.560. The predicted octanol–water partition coefficient (Wildman–Crippen LogP) is 4.71. The lowest BCUT2D eigenvalue weighted by molar-refractivity contribution is -0.131. The highest BCUT2D eigenvalue weighted by molar-refractivity contribution is 6.71. The molecule has 188 valence electrons. The number of methoxy groups -OCH3 is 3. The number of carboxylic acid groups (broad SMARTS) is 1. The van der Waals surface area contributed by atoms with E-state index in [1.54, 1.807) is 33.5 Å². The number of hydrogen-bond donors (Lipinski definition) is 1. The Bertz CT molecular complexity index is 798. The molecule has 0 aliphatic carbocycles. The lowest BCUT2D eigenvalue weighted by Crippen LogP contribution is -2.43. The summed E-state index contributed by atoms with van der Waals surface area (Å²) in [5.74, 6) is 0.499. The Morgan fingerprint density at radius 1 is 1.00 bits per heavy atom. The number of ether oxygens (including phenoxy) is 3. The third kappa shape index (κ3) is 10.5. The van der Waals surface area contributed by atoms with Crippen LogP contribution >= 0.6 is 0 Å². The van der Waals surface area contributed by atoms with Gasteiger partial charge in [0.1, 0.15) is 5.91 Å². The highest BCUT2D eigenvalue weighted by atomic mass is 28.4. The van der Waals surface area contributed by atoms with E-state index in [2.05, 4.69) is 46.2 Å². The van der Waals surface area contributed by atoms with E-state index in [0.29, 0.717) is 29.2 Å². The van der Waals surface area contributed by atoms with E-state index in [9.17, 15) is 4.79 Å². The second kappa shape index (κ2) is 12.7. The fraction of sp³-hybridized carbons (Fsp3) is 0.609. The third-order valence-corrected chi connectivity index (χ3v) is 9.36. The first kappa shape index (κ1) is 29.4. The first-order chi connectivity index (χ1) is 15.2. The van der Waals surface area contributed by atoms with Gasteiger partial charge >= 0.3 is 5.97 Å². The van der Waals surface area contributed by atoms with Gasteiger partial charge in [-0.25, -0.2) is 4.79 Å². The Morgan fingerprint density at radius 2 is 1.55 bits per heavy atom. The fourth-order valence-electron chi connectivity index (χ4n) is 3.55. The number of aliphatic carboxylic acids is 1. The fourth-order valence-corrected chi connectivity index (χ4v) is 10.2. The number of rotatable bonds is 14. The second-order valence-electron chi connectivity index (χ2n) is 10.2. The van der Waals surface area contributed by atoms with Crippen molar-refractivity contribution in [2.24, 2.45) is 0 Å². The minimum absolute atomic E-state index is 0.0722. The lowest BCUT2D eigenvalue weighted by Gasteiger charge is -2.33. The molecule has 7 nitrogen and oxygen atoms in total. The zero-order chi connectivity index (χ0) is 25.4. The quantitative estimate of drug-likeness (QED) is 0.219. The zero-order valence-corrected chi connectivity index (χ0v) is 25.3. The van der Waals surface area contributed by atoms with Gasteiger partial charge in [0.2, 0.25) is 5.75 Å². The van der Waals surface area contributed by atoms with Crippen LogP contribution in [0.25, 0.3) is 6.08 Å². The summed E-state index contributed by atoms with van der Waals surface area (Å²) in [6, 6.07) is 1.80. The van der Waals surface area contributed by atoms with E-state index >= 15 is 0 Å². The molecule has 1 aromatic rings. The summed E-state index contributed by atoms with van der Waals surface area (Å²) < 4.78 is 29.5. The molecule has 0 aromatic heterocycles. The van der Waals surface area contributed by atoms with Crippen LogP contribution in [0.1, 0.15) is 24.5 Å². The Balaban J connectivity index is 3.19. The smallest absolute Gasteiger partial charge is 0.328 e. The van der Waals surface area contributed by atoms with Crippen LogP contribution in [0.15, 0.2) is 12.1 Å². The summed E-state index contributed by atoms with van der Waals surface area (Å²) in [4.78, 5) is 11.1. The average molecular weight is 515 g/mol. The van der Waals surface area contributed by atoms with E-state index in [1.165, 1.54) is 0 Å². The van der Waals surface area contributed by atoms with Crippen LogP contribution in [0.3, 0.4) is 0 Å². The van der Waals surface area contributed by atoms with Gasteiger partial charge in [-0.3, -0.25) is 0 Å². The van der Waals surface area contributed by atoms with E-state index in [-0.39, 0.29) is 5.91 Å². The van der Waals surface area contributed by atoms with Crippen LogP contribution in [-0.2, 0) is 20.1 Å².